The monoisotopic (exact) mass is 266 g/mol. The van der Waals surface area contributed by atoms with Crippen LogP contribution in [-0.4, -0.2) is 29.9 Å². The first-order valence-electron chi connectivity index (χ1n) is 4.73. The van der Waals surface area contributed by atoms with Crippen LogP contribution >= 0.6 is 0 Å². The average Bonchev–Trinajstić information content (AvgIpc) is 2.26. The number of nitrogens with two attached hydrogens (primary N) is 2. The van der Waals surface area contributed by atoms with Gasteiger partial charge in [-0.25, -0.2) is 14.4 Å². The second kappa shape index (κ2) is 5.90. The number of anilines is 2. The number of nitrogens with one attached hydrogen (secondary N) is 3. The molecule has 7 N–H and O–H groups in total. The van der Waals surface area contributed by atoms with E-state index in [1.54, 1.807) is 15.0 Å². The van der Waals surface area contributed by atoms with E-state index in [2.05, 4.69) is 21.5 Å². The van der Waals surface area contributed by atoms with Crippen molar-refractivity contribution in [2.45, 2.75) is 0 Å². The van der Waals surface area contributed by atoms with Gasteiger partial charge in [-0.05, 0) is 6.08 Å². The summed E-state index contributed by atoms with van der Waals surface area (Å²) in [5.41, 5.74) is 8.08. The van der Waals surface area contributed by atoms with Gasteiger partial charge in [0.15, 0.2) is 5.82 Å². The highest BCUT2D eigenvalue weighted by Crippen LogP contribution is 1.98. The van der Waals surface area contributed by atoms with Crippen molar-refractivity contribution in [3.05, 3.63) is 43.9 Å². The maximum Gasteiger partial charge on any atom is 0.330 e. The maximum absolute atomic E-state index is 10.2. The number of aromatic amines is 3. The van der Waals surface area contributed by atoms with Crippen molar-refractivity contribution in [2.75, 3.05) is 11.5 Å². The van der Waals surface area contributed by atoms with Gasteiger partial charge in [-0.1, -0.05) is 6.58 Å². The van der Waals surface area contributed by atoms with Gasteiger partial charge in [-0.3, -0.25) is 15.0 Å². The van der Waals surface area contributed by atoms with Crippen LogP contribution in [0.2, 0.25) is 0 Å². The van der Waals surface area contributed by atoms with Crippen molar-refractivity contribution < 1.29 is 0 Å². The quantitative estimate of drug-likeness (QED) is 0.372. The maximum atomic E-state index is 10.2. The summed E-state index contributed by atoms with van der Waals surface area (Å²) < 4.78 is 0. The Bertz CT molecular complexity index is 644. The van der Waals surface area contributed by atoms with E-state index in [9.17, 15) is 14.4 Å². The Morgan fingerprint density at radius 1 is 0.842 bits per heavy atom. The normalized spacial score (nSPS) is 9.26. The number of rotatable bonds is 1. The Hall–Kier alpha value is -3.24. The summed E-state index contributed by atoms with van der Waals surface area (Å²) in [6.45, 7) is 3.45. The van der Waals surface area contributed by atoms with Gasteiger partial charge in [0, 0.05) is 0 Å². The number of hydrogen-bond donors (Lipinski definition) is 5. The van der Waals surface area contributed by atoms with E-state index in [0.717, 1.165) is 0 Å². The summed E-state index contributed by atoms with van der Waals surface area (Å²) in [4.78, 5) is 46.9. The SMILES string of the molecule is C=Cc1nc(N)nc(N)n1.O=c1[nH]c(=O)[nH]c(=O)[nH]1. The zero-order valence-corrected chi connectivity index (χ0v) is 9.51. The van der Waals surface area contributed by atoms with E-state index in [-0.39, 0.29) is 11.9 Å². The molecule has 0 spiro atoms. The summed E-state index contributed by atoms with van der Waals surface area (Å²) >= 11 is 0. The topological polar surface area (TPSA) is 189 Å². The van der Waals surface area contributed by atoms with Gasteiger partial charge in [0.1, 0.15) is 0 Å². The van der Waals surface area contributed by atoms with Gasteiger partial charge in [0.05, 0.1) is 0 Å². The fraction of sp³-hybridized carbons (Fsp3) is 0. The molecule has 0 aliphatic carbocycles. The van der Waals surface area contributed by atoms with Crippen molar-refractivity contribution in [1.82, 2.24) is 29.9 Å². The van der Waals surface area contributed by atoms with Crippen LogP contribution in [0.3, 0.4) is 0 Å². The van der Waals surface area contributed by atoms with Crippen LogP contribution in [0.4, 0.5) is 11.9 Å². The minimum absolute atomic E-state index is 0.113. The zero-order chi connectivity index (χ0) is 14.4. The van der Waals surface area contributed by atoms with Crippen molar-refractivity contribution >= 4 is 18.0 Å². The van der Waals surface area contributed by atoms with Gasteiger partial charge in [0.2, 0.25) is 11.9 Å². The standard InChI is InChI=1S/C5H7N5.C3H3N3O3/c1-2-3-8-4(6)10-5(7)9-3;7-1-4-2(8)6-3(9)5-1/h2H,1H2,(H4,6,7,8,9,10);(H3,4,5,6,7,8,9). The van der Waals surface area contributed by atoms with Crippen molar-refractivity contribution in [3.63, 3.8) is 0 Å². The first kappa shape index (κ1) is 13.8. The Labute approximate surface area is 104 Å². The molecule has 0 amide bonds. The molecular formula is C8H10N8O3. The van der Waals surface area contributed by atoms with Gasteiger partial charge < -0.3 is 11.5 Å². The molecule has 11 nitrogen and oxygen atoms in total. The summed E-state index contributed by atoms with van der Waals surface area (Å²) in [5, 5.41) is 0. The number of H-pyrrole nitrogens is 3. The lowest BCUT2D eigenvalue weighted by Crippen LogP contribution is -2.34. The molecule has 0 atom stereocenters. The fourth-order valence-corrected chi connectivity index (χ4v) is 0.921. The van der Waals surface area contributed by atoms with E-state index in [4.69, 9.17) is 11.5 Å². The smallest absolute Gasteiger partial charge is 0.330 e. The molecule has 2 heterocycles. The molecule has 100 valence electrons. The first-order chi connectivity index (χ1) is 8.90. The molecule has 0 unspecified atom stereocenters. The Kier molecular flexibility index (Phi) is 4.29. The molecule has 0 fully saturated rings. The molecule has 0 aliphatic rings. The molecule has 0 saturated carbocycles. The highest BCUT2D eigenvalue weighted by molar-refractivity contribution is 5.41. The van der Waals surface area contributed by atoms with Crippen molar-refractivity contribution in [2.24, 2.45) is 0 Å². The fourth-order valence-electron chi connectivity index (χ4n) is 0.921. The number of aromatic nitrogens is 6. The predicted molar refractivity (Wildman–Crippen MR) is 67.0 cm³/mol. The second-order valence-electron chi connectivity index (χ2n) is 2.98. The van der Waals surface area contributed by atoms with Crippen LogP contribution < -0.4 is 28.5 Å². The van der Waals surface area contributed by atoms with Gasteiger partial charge in [-0.2, -0.15) is 15.0 Å². The Balaban J connectivity index is 0.000000191. The number of hydrogen-bond acceptors (Lipinski definition) is 8. The molecule has 11 heteroatoms. The molecule has 2 aromatic rings. The summed E-state index contributed by atoms with van der Waals surface area (Å²) in [6.07, 6.45) is 1.45. The lowest BCUT2D eigenvalue weighted by molar-refractivity contribution is 0.888. The lowest BCUT2D eigenvalue weighted by atomic mass is 10.6. The van der Waals surface area contributed by atoms with Crippen LogP contribution in [-0.2, 0) is 0 Å². The number of nitrogens with zero attached hydrogens (tertiary/aromatic N) is 3. The molecule has 0 saturated heterocycles. The highest BCUT2D eigenvalue weighted by Gasteiger charge is 1.95. The molecule has 0 bridgehead atoms. The van der Waals surface area contributed by atoms with E-state index in [0.29, 0.717) is 5.82 Å². The molecule has 2 aromatic heterocycles. The largest absolute Gasteiger partial charge is 0.368 e. The van der Waals surface area contributed by atoms with Gasteiger partial charge in [-0.15, -0.1) is 0 Å². The van der Waals surface area contributed by atoms with Crippen molar-refractivity contribution in [3.8, 4) is 0 Å². The van der Waals surface area contributed by atoms with Crippen LogP contribution in [0.5, 0.6) is 0 Å². The molecule has 19 heavy (non-hydrogen) atoms. The second-order valence-corrected chi connectivity index (χ2v) is 2.98. The third-order valence-corrected chi connectivity index (χ3v) is 1.55. The van der Waals surface area contributed by atoms with Crippen LogP contribution in [0.15, 0.2) is 21.0 Å². The first-order valence-corrected chi connectivity index (χ1v) is 4.73. The third kappa shape index (κ3) is 4.64. The summed E-state index contributed by atoms with van der Waals surface area (Å²) in [6, 6.07) is 0. The lowest BCUT2D eigenvalue weighted by Gasteiger charge is -1.94. The van der Waals surface area contributed by atoms with Crippen LogP contribution in [0, 0.1) is 0 Å². The summed E-state index contributed by atoms with van der Waals surface area (Å²) in [5.74, 6) is 0.620. The van der Waals surface area contributed by atoms with Crippen molar-refractivity contribution in [1.29, 1.82) is 0 Å². The molecule has 0 aromatic carbocycles. The minimum atomic E-state index is -0.802. The highest BCUT2D eigenvalue weighted by atomic mass is 16.2. The van der Waals surface area contributed by atoms with E-state index < -0.39 is 17.1 Å². The molecule has 2 rings (SSSR count). The van der Waals surface area contributed by atoms with Crippen LogP contribution in [0.25, 0.3) is 6.08 Å². The Morgan fingerprint density at radius 2 is 1.21 bits per heavy atom. The average molecular weight is 266 g/mol. The molecule has 0 aliphatic heterocycles. The zero-order valence-electron chi connectivity index (χ0n) is 9.51. The van der Waals surface area contributed by atoms with Gasteiger partial charge in [0.25, 0.3) is 0 Å². The van der Waals surface area contributed by atoms with Crippen LogP contribution in [0.1, 0.15) is 5.82 Å². The predicted octanol–water partition coefficient (Wildman–Crippen LogP) is -2.57. The Morgan fingerprint density at radius 3 is 1.53 bits per heavy atom. The molecular weight excluding hydrogens is 256 g/mol. The minimum Gasteiger partial charge on any atom is -0.368 e. The summed E-state index contributed by atoms with van der Waals surface area (Å²) in [7, 11) is 0. The van der Waals surface area contributed by atoms with E-state index in [1.165, 1.54) is 6.08 Å². The van der Waals surface area contributed by atoms with Gasteiger partial charge >= 0.3 is 17.1 Å². The third-order valence-electron chi connectivity index (χ3n) is 1.55. The number of nitrogen functional groups attached to an aromatic ring is 2. The van der Waals surface area contributed by atoms with E-state index >= 15 is 0 Å². The van der Waals surface area contributed by atoms with E-state index in [1.807, 2.05) is 0 Å². The molecule has 0 radical (unpaired) electrons.